The number of carbonyl (C=O) groups is 1. The molecule has 0 unspecified atom stereocenters. The molecule has 3 rings (SSSR count). The van der Waals surface area contributed by atoms with E-state index in [1.54, 1.807) is 21.3 Å². The van der Waals surface area contributed by atoms with Gasteiger partial charge in [-0.1, -0.05) is 17.8 Å². The number of amides is 1. The first-order chi connectivity index (χ1) is 15.5. The van der Waals surface area contributed by atoms with Gasteiger partial charge in [0, 0.05) is 18.2 Å². The van der Waals surface area contributed by atoms with Crippen molar-refractivity contribution in [1.29, 1.82) is 0 Å². The van der Waals surface area contributed by atoms with E-state index in [0.717, 1.165) is 22.7 Å². The van der Waals surface area contributed by atoms with Crippen LogP contribution in [0, 0.1) is 0 Å². The van der Waals surface area contributed by atoms with Crippen molar-refractivity contribution in [2.24, 2.45) is 0 Å². The lowest BCUT2D eigenvalue weighted by molar-refractivity contribution is -0.118. The highest BCUT2D eigenvalue weighted by atomic mass is 32.2. The number of methoxy groups -OCH3 is 3. The van der Waals surface area contributed by atoms with Crippen molar-refractivity contribution >= 4 is 17.7 Å². The minimum atomic E-state index is -0.0888. The summed E-state index contributed by atoms with van der Waals surface area (Å²) in [5.74, 6) is 2.97. The van der Waals surface area contributed by atoms with Gasteiger partial charge in [-0.05, 0) is 55.8 Å². The molecule has 9 heteroatoms. The number of benzene rings is 2. The maximum atomic E-state index is 12.4. The molecular weight excluding hydrogens is 428 g/mol. The average Bonchev–Trinajstić information content (AvgIpc) is 3.25. The molecule has 0 saturated carbocycles. The third-order valence-electron chi connectivity index (χ3n) is 4.80. The van der Waals surface area contributed by atoms with Gasteiger partial charge >= 0.3 is 0 Å². The summed E-state index contributed by atoms with van der Waals surface area (Å²) < 4.78 is 17.8. The van der Waals surface area contributed by atoms with Crippen LogP contribution < -0.4 is 19.5 Å². The molecule has 8 nitrogen and oxygen atoms in total. The number of aromatic nitrogens is 3. The monoisotopic (exact) mass is 456 g/mol. The highest BCUT2D eigenvalue weighted by Crippen LogP contribution is 2.29. The van der Waals surface area contributed by atoms with Crippen molar-refractivity contribution in [1.82, 2.24) is 20.1 Å². The van der Waals surface area contributed by atoms with Crippen molar-refractivity contribution in [2.45, 2.75) is 31.6 Å². The predicted molar refractivity (Wildman–Crippen MR) is 125 cm³/mol. The van der Waals surface area contributed by atoms with Crippen molar-refractivity contribution in [2.75, 3.05) is 27.1 Å². The number of nitrogens with one attached hydrogen (secondary N) is 1. The molecule has 1 N–H and O–H groups in total. The molecule has 0 aliphatic rings. The van der Waals surface area contributed by atoms with E-state index >= 15 is 0 Å². The maximum Gasteiger partial charge on any atom is 0.230 e. The Hall–Kier alpha value is -3.20. The summed E-state index contributed by atoms with van der Waals surface area (Å²) in [5, 5.41) is 12.3. The lowest BCUT2D eigenvalue weighted by Gasteiger charge is -2.14. The Morgan fingerprint density at radius 1 is 1.00 bits per heavy atom. The maximum absolute atomic E-state index is 12.4. The van der Waals surface area contributed by atoms with Gasteiger partial charge in [0.25, 0.3) is 0 Å². The van der Waals surface area contributed by atoms with Gasteiger partial charge in [0.15, 0.2) is 22.5 Å². The Balaban J connectivity index is 1.63. The average molecular weight is 457 g/mol. The fourth-order valence-corrected chi connectivity index (χ4v) is 4.05. The van der Waals surface area contributed by atoms with E-state index in [0.29, 0.717) is 23.2 Å². The van der Waals surface area contributed by atoms with Crippen molar-refractivity contribution in [3.63, 3.8) is 0 Å². The molecule has 0 aliphatic heterocycles. The second-order valence-corrected chi connectivity index (χ2v) is 8.20. The summed E-state index contributed by atoms with van der Waals surface area (Å²) in [6.45, 7) is 4.53. The molecule has 0 radical (unpaired) electrons. The van der Waals surface area contributed by atoms with E-state index in [1.807, 2.05) is 47.0 Å². The highest BCUT2D eigenvalue weighted by Gasteiger charge is 2.18. The van der Waals surface area contributed by atoms with Crippen LogP contribution in [0.5, 0.6) is 17.2 Å². The molecule has 1 amide bonds. The zero-order valence-electron chi connectivity index (χ0n) is 18.9. The number of hydrogen-bond acceptors (Lipinski definition) is 7. The molecule has 1 aromatic heterocycles. The van der Waals surface area contributed by atoms with Gasteiger partial charge in [-0.3, -0.25) is 9.36 Å². The van der Waals surface area contributed by atoms with E-state index < -0.39 is 0 Å². The minimum absolute atomic E-state index is 0.0888. The molecular formula is C23H28N4O4S. The van der Waals surface area contributed by atoms with Crippen molar-refractivity contribution in [3.05, 3.63) is 48.0 Å². The summed E-state index contributed by atoms with van der Waals surface area (Å²) in [5.41, 5.74) is 1.87. The third-order valence-corrected chi connectivity index (χ3v) is 5.74. The molecule has 2 aromatic carbocycles. The van der Waals surface area contributed by atoms with Gasteiger partial charge in [0.2, 0.25) is 5.91 Å². The van der Waals surface area contributed by atoms with E-state index in [1.165, 1.54) is 11.8 Å². The lowest BCUT2D eigenvalue weighted by Crippen LogP contribution is -2.24. The molecule has 0 bridgehead atoms. The van der Waals surface area contributed by atoms with Gasteiger partial charge in [-0.25, -0.2) is 0 Å². The second-order valence-electron chi connectivity index (χ2n) is 7.25. The molecule has 3 aromatic rings. The Labute approximate surface area is 192 Å². The smallest absolute Gasteiger partial charge is 0.230 e. The first kappa shape index (κ1) is 23.5. The molecule has 0 aliphatic carbocycles. The Kier molecular flexibility index (Phi) is 7.99. The lowest BCUT2D eigenvalue weighted by atomic mass is 10.2. The van der Waals surface area contributed by atoms with Crippen LogP contribution in [-0.2, 0) is 11.3 Å². The zero-order chi connectivity index (χ0) is 23.1. The molecule has 1 heterocycles. The van der Waals surface area contributed by atoms with Gasteiger partial charge in [0.1, 0.15) is 5.75 Å². The fourth-order valence-electron chi connectivity index (χ4n) is 3.15. The van der Waals surface area contributed by atoms with Crippen LogP contribution in [0.25, 0.3) is 11.4 Å². The Morgan fingerprint density at radius 3 is 2.34 bits per heavy atom. The molecule has 170 valence electrons. The van der Waals surface area contributed by atoms with Gasteiger partial charge < -0.3 is 19.5 Å². The Morgan fingerprint density at radius 2 is 1.72 bits per heavy atom. The third kappa shape index (κ3) is 5.53. The summed E-state index contributed by atoms with van der Waals surface area (Å²) >= 11 is 1.36. The fraction of sp³-hybridized carbons (Fsp3) is 0.348. The molecule has 0 fully saturated rings. The quantitative estimate of drug-likeness (QED) is 0.462. The van der Waals surface area contributed by atoms with Crippen LogP contribution >= 0.6 is 11.8 Å². The van der Waals surface area contributed by atoms with Gasteiger partial charge in [-0.2, -0.15) is 0 Å². The number of thioether (sulfide) groups is 1. The molecule has 0 atom stereocenters. The van der Waals surface area contributed by atoms with Crippen LogP contribution in [0.4, 0.5) is 0 Å². The van der Waals surface area contributed by atoms with Crippen molar-refractivity contribution in [3.8, 4) is 28.6 Å². The zero-order valence-corrected chi connectivity index (χ0v) is 19.7. The van der Waals surface area contributed by atoms with E-state index in [2.05, 4.69) is 29.4 Å². The molecule has 0 spiro atoms. The van der Waals surface area contributed by atoms with E-state index in [9.17, 15) is 4.79 Å². The SMILES string of the molecule is COc1ccc(-c2nnc(SCC(=O)NCc3ccc(OC)c(OC)c3)n2C(C)C)cc1. The van der Waals surface area contributed by atoms with Crippen LogP contribution in [0.3, 0.4) is 0 Å². The topological polar surface area (TPSA) is 87.5 Å². The van der Waals surface area contributed by atoms with Crippen LogP contribution in [0.15, 0.2) is 47.6 Å². The first-order valence-corrected chi connectivity index (χ1v) is 11.1. The van der Waals surface area contributed by atoms with Crippen LogP contribution in [0.1, 0.15) is 25.5 Å². The minimum Gasteiger partial charge on any atom is -0.497 e. The summed E-state index contributed by atoms with van der Waals surface area (Å²) in [6, 6.07) is 13.4. The first-order valence-electron chi connectivity index (χ1n) is 10.2. The van der Waals surface area contributed by atoms with Gasteiger partial charge in [0.05, 0.1) is 27.1 Å². The summed E-state index contributed by atoms with van der Waals surface area (Å²) in [4.78, 5) is 12.4. The number of nitrogens with zero attached hydrogens (tertiary/aromatic N) is 3. The second kappa shape index (κ2) is 10.9. The van der Waals surface area contributed by atoms with E-state index in [4.69, 9.17) is 14.2 Å². The summed E-state index contributed by atoms with van der Waals surface area (Å²) in [6.07, 6.45) is 0. The molecule has 0 saturated heterocycles. The van der Waals surface area contributed by atoms with Crippen LogP contribution in [0.2, 0.25) is 0 Å². The normalized spacial score (nSPS) is 10.8. The highest BCUT2D eigenvalue weighted by molar-refractivity contribution is 7.99. The number of rotatable bonds is 10. The predicted octanol–water partition coefficient (Wildman–Crippen LogP) is 3.96. The van der Waals surface area contributed by atoms with Gasteiger partial charge in [-0.15, -0.1) is 10.2 Å². The number of carbonyl (C=O) groups excluding carboxylic acids is 1. The largest absolute Gasteiger partial charge is 0.497 e. The van der Waals surface area contributed by atoms with E-state index in [-0.39, 0.29) is 17.7 Å². The number of hydrogen-bond donors (Lipinski definition) is 1. The number of ether oxygens (including phenoxy) is 3. The van der Waals surface area contributed by atoms with Crippen LogP contribution in [-0.4, -0.2) is 47.8 Å². The van der Waals surface area contributed by atoms with Crippen molar-refractivity contribution < 1.29 is 19.0 Å². The Bertz CT molecular complexity index is 1050. The standard InChI is InChI=1S/C23H28N4O4S/c1-15(2)27-22(17-7-9-18(29-3)10-8-17)25-26-23(27)32-14-21(28)24-13-16-6-11-19(30-4)20(12-16)31-5/h6-12,15H,13-14H2,1-5H3,(H,24,28). The summed E-state index contributed by atoms with van der Waals surface area (Å²) in [7, 11) is 4.81. The molecule has 32 heavy (non-hydrogen) atoms.